The van der Waals surface area contributed by atoms with Crippen LogP contribution in [0.5, 0.6) is 0 Å². The van der Waals surface area contributed by atoms with Crippen molar-refractivity contribution in [2.24, 2.45) is 0 Å². The molecule has 0 radical (unpaired) electrons. The van der Waals surface area contributed by atoms with Gasteiger partial charge in [-0.1, -0.05) is 19.1 Å². The van der Waals surface area contributed by atoms with Crippen molar-refractivity contribution in [1.82, 2.24) is 10.3 Å². The first-order valence-corrected chi connectivity index (χ1v) is 7.39. The number of nitrogens with one attached hydrogen (secondary N) is 1. The van der Waals surface area contributed by atoms with E-state index in [0.29, 0.717) is 0 Å². The van der Waals surface area contributed by atoms with Crippen molar-refractivity contribution in [1.29, 1.82) is 0 Å². The van der Waals surface area contributed by atoms with E-state index in [9.17, 15) is 10.1 Å². The van der Waals surface area contributed by atoms with Crippen LogP contribution in [-0.2, 0) is 0 Å². The third-order valence-electron chi connectivity index (χ3n) is 3.21. The quantitative estimate of drug-likeness (QED) is 0.648. The van der Waals surface area contributed by atoms with Gasteiger partial charge in [-0.05, 0) is 18.9 Å². The maximum Gasteiger partial charge on any atom is 0.269 e. The molecule has 1 aromatic carbocycles. The van der Waals surface area contributed by atoms with Crippen molar-refractivity contribution in [2.45, 2.75) is 32.4 Å². The van der Waals surface area contributed by atoms with Crippen LogP contribution in [0.15, 0.2) is 35.8 Å². The number of rotatable bonds is 6. The summed E-state index contributed by atoms with van der Waals surface area (Å²) >= 11 is 1.64. The van der Waals surface area contributed by atoms with Crippen molar-refractivity contribution < 1.29 is 4.92 Å². The molecule has 2 atom stereocenters. The molecule has 2 aromatic rings. The minimum Gasteiger partial charge on any atom is -0.301 e. The first-order valence-electron chi connectivity index (χ1n) is 6.51. The first kappa shape index (κ1) is 14.6. The zero-order valence-corrected chi connectivity index (χ0v) is 12.3. The highest BCUT2D eigenvalue weighted by molar-refractivity contribution is 7.09. The summed E-state index contributed by atoms with van der Waals surface area (Å²) in [4.78, 5) is 14.6. The lowest BCUT2D eigenvalue weighted by atomic mass is 10.1. The molecule has 20 heavy (non-hydrogen) atoms. The summed E-state index contributed by atoms with van der Waals surface area (Å²) in [6, 6.07) is 7.00. The van der Waals surface area contributed by atoms with Gasteiger partial charge in [0.25, 0.3) is 5.69 Å². The third kappa shape index (κ3) is 3.40. The highest BCUT2D eigenvalue weighted by atomic mass is 32.1. The molecule has 2 unspecified atom stereocenters. The van der Waals surface area contributed by atoms with Gasteiger partial charge in [-0.3, -0.25) is 10.1 Å². The van der Waals surface area contributed by atoms with E-state index in [1.807, 2.05) is 5.38 Å². The fourth-order valence-corrected chi connectivity index (χ4v) is 2.83. The Morgan fingerprint density at radius 3 is 2.60 bits per heavy atom. The Balaban J connectivity index is 2.07. The van der Waals surface area contributed by atoms with Gasteiger partial charge in [0.2, 0.25) is 0 Å². The van der Waals surface area contributed by atoms with Crippen LogP contribution in [-0.4, -0.2) is 9.91 Å². The molecule has 0 aliphatic rings. The Labute approximate surface area is 121 Å². The third-order valence-corrected chi connectivity index (χ3v) is 4.10. The molecular formula is C14H17N3O2S. The van der Waals surface area contributed by atoms with Gasteiger partial charge in [-0.15, -0.1) is 11.3 Å². The fraction of sp³-hybridized carbons (Fsp3) is 0.357. The topological polar surface area (TPSA) is 68.1 Å². The predicted molar refractivity (Wildman–Crippen MR) is 79.8 cm³/mol. The minimum atomic E-state index is -0.383. The zero-order valence-electron chi connectivity index (χ0n) is 11.4. The number of thiazole rings is 1. The lowest BCUT2D eigenvalue weighted by Crippen LogP contribution is -2.24. The molecule has 0 aliphatic carbocycles. The number of nitro groups is 1. The molecule has 2 rings (SSSR count). The molecule has 0 amide bonds. The summed E-state index contributed by atoms with van der Waals surface area (Å²) in [5.74, 6) is 0. The van der Waals surface area contributed by atoms with Crippen LogP contribution < -0.4 is 5.32 Å². The number of nitro benzene ring substituents is 1. The molecule has 0 saturated heterocycles. The normalized spacial score (nSPS) is 13.9. The Morgan fingerprint density at radius 2 is 2.10 bits per heavy atom. The Kier molecular flexibility index (Phi) is 4.81. The smallest absolute Gasteiger partial charge is 0.269 e. The second kappa shape index (κ2) is 6.58. The number of hydrogen-bond acceptors (Lipinski definition) is 5. The standard InChI is InChI=1S/C14H17N3O2S/c1-3-13(14-15-8-9-20-14)16-10(2)11-4-6-12(7-5-11)17(18)19/h4-10,13,16H,3H2,1-2H3. The van der Waals surface area contributed by atoms with Crippen LogP contribution in [0.25, 0.3) is 0 Å². The highest BCUT2D eigenvalue weighted by Gasteiger charge is 2.16. The number of aromatic nitrogens is 1. The van der Waals surface area contributed by atoms with Crippen molar-refractivity contribution >= 4 is 17.0 Å². The van der Waals surface area contributed by atoms with Crippen molar-refractivity contribution in [2.75, 3.05) is 0 Å². The predicted octanol–water partition coefficient (Wildman–Crippen LogP) is 3.85. The second-order valence-electron chi connectivity index (χ2n) is 4.57. The van der Waals surface area contributed by atoms with E-state index in [1.54, 1.807) is 29.7 Å². The van der Waals surface area contributed by atoms with Gasteiger partial charge in [-0.2, -0.15) is 0 Å². The molecule has 1 N–H and O–H groups in total. The number of benzene rings is 1. The van der Waals surface area contributed by atoms with E-state index in [-0.39, 0.29) is 22.7 Å². The number of nitrogens with zero attached hydrogens (tertiary/aromatic N) is 2. The molecular weight excluding hydrogens is 274 g/mol. The molecule has 6 heteroatoms. The van der Waals surface area contributed by atoms with Gasteiger partial charge < -0.3 is 5.32 Å². The summed E-state index contributed by atoms with van der Waals surface area (Å²) in [6.07, 6.45) is 2.76. The number of hydrogen-bond donors (Lipinski definition) is 1. The summed E-state index contributed by atoms with van der Waals surface area (Å²) in [6.45, 7) is 4.17. The highest BCUT2D eigenvalue weighted by Crippen LogP contribution is 2.24. The van der Waals surface area contributed by atoms with E-state index in [1.165, 1.54) is 12.1 Å². The van der Waals surface area contributed by atoms with Crippen molar-refractivity contribution in [3.8, 4) is 0 Å². The Bertz CT molecular complexity index is 554. The zero-order chi connectivity index (χ0) is 14.5. The Morgan fingerprint density at radius 1 is 1.40 bits per heavy atom. The Hall–Kier alpha value is -1.79. The molecule has 5 nitrogen and oxygen atoms in total. The van der Waals surface area contributed by atoms with Crippen molar-refractivity contribution in [3.05, 3.63) is 56.5 Å². The lowest BCUT2D eigenvalue weighted by Gasteiger charge is -2.20. The van der Waals surface area contributed by atoms with Gasteiger partial charge in [0.1, 0.15) is 5.01 Å². The van der Waals surface area contributed by atoms with Crippen LogP contribution in [0.1, 0.15) is 42.9 Å². The molecule has 1 heterocycles. The maximum atomic E-state index is 10.6. The van der Waals surface area contributed by atoms with Crippen LogP contribution in [0.3, 0.4) is 0 Å². The van der Waals surface area contributed by atoms with Crippen molar-refractivity contribution in [3.63, 3.8) is 0 Å². The van der Waals surface area contributed by atoms with E-state index in [0.717, 1.165) is 17.0 Å². The first-order chi connectivity index (χ1) is 9.61. The van der Waals surface area contributed by atoms with Crippen LogP contribution in [0.4, 0.5) is 5.69 Å². The second-order valence-corrected chi connectivity index (χ2v) is 5.49. The summed E-state index contributed by atoms with van der Waals surface area (Å²) in [5.41, 5.74) is 1.15. The van der Waals surface area contributed by atoms with E-state index in [4.69, 9.17) is 0 Å². The maximum absolute atomic E-state index is 10.6. The summed E-state index contributed by atoms with van der Waals surface area (Å²) in [7, 11) is 0. The summed E-state index contributed by atoms with van der Waals surface area (Å²) in [5, 5.41) is 17.2. The SMILES string of the molecule is CCC(NC(C)c1ccc([N+](=O)[O-])cc1)c1nccs1. The molecule has 106 valence electrons. The monoisotopic (exact) mass is 291 g/mol. The van der Waals surface area contributed by atoms with E-state index < -0.39 is 0 Å². The van der Waals surface area contributed by atoms with E-state index >= 15 is 0 Å². The number of non-ortho nitro benzene ring substituents is 1. The van der Waals surface area contributed by atoms with Gasteiger partial charge >= 0.3 is 0 Å². The van der Waals surface area contributed by atoms with Crippen LogP contribution in [0, 0.1) is 10.1 Å². The van der Waals surface area contributed by atoms with Gasteiger partial charge in [0.05, 0.1) is 11.0 Å². The average molecular weight is 291 g/mol. The van der Waals surface area contributed by atoms with Gasteiger partial charge in [0.15, 0.2) is 0 Å². The molecule has 1 aromatic heterocycles. The fourth-order valence-electron chi connectivity index (χ4n) is 2.05. The minimum absolute atomic E-state index is 0.115. The molecule has 0 saturated carbocycles. The van der Waals surface area contributed by atoms with Crippen LogP contribution >= 0.6 is 11.3 Å². The van der Waals surface area contributed by atoms with Gasteiger partial charge in [0, 0.05) is 29.8 Å². The largest absolute Gasteiger partial charge is 0.301 e. The molecule has 0 bridgehead atoms. The molecule has 0 spiro atoms. The summed E-state index contributed by atoms with van der Waals surface area (Å²) < 4.78 is 0. The average Bonchev–Trinajstić information content (AvgIpc) is 2.98. The molecule has 0 aliphatic heterocycles. The molecule has 0 fully saturated rings. The van der Waals surface area contributed by atoms with E-state index in [2.05, 4.69) is 24.1 Å². The van der Waals surface area contributed by atoms with Crippen LogP contribution in [0.2, 0.25) is 0 Å². The lowest BCUT2D eigenvalue weighted by molar-refractivity contribution is -0.384. The van der Waals surface area contributed by atoms with Gasteiger partial charge in [-0.25, -0.2) is 4.98 Å².